The van der Waals surface area contributed by atoms with E-state index in [2.05, 4.69) is 5.32 Å². The molecule has 2 amide bonds. The molecule has 1 aromatic rings. The van der Waals surface area contributed by atoms with Gasteiger partial charge in [0.25, 0.3) is 0 Å². The van der Waals surface area contributed by atoms with Crippen LogP contribution in [-0.4, -0.2) is 24.4 Å². The summed E-state index contributed by atoms with van der Waals surface area (Å²) in [4.78, 5) is 25.1. The molecular formula is C14H15FN2O2. The second-order valence-electron chi connectivity index (χ2n) is 5.17. The van der Waals surface area contributed by atoms with Crippen molar-refractivity contribution in [2.24, 2.45) is 5.92 Å². The molecule has 1 saturated heterocycles. The minimum atomic E-state index is -0.365. The maximum atomic E-state index is 13.2. The molecule has 0 aromatic heterocycles. The van der Waals surface area contributed by atoms with Gasteiger partial charge < -0.3 is 10.2 Å². The van der Waals surface area contributed by atoms with Crippen molar-refractivity contribution in [3.8, 4) is 0 Å². The standard InChI is InChI=1S/C14H15FN2O2/c15-10-2-1-3-12(6-10)17-8-11(7-13(17)18)16-14(19)9-4-5-9/h1-3,6,9,11H,4-5,7-8H2,(H,16,19)/t11-/m0/s1. The topological polar surface area (TPSA) is 49.4 Å². The first kappa shape index (κ1) is 12.1. The van der Waals surface area contributed by atoms with Crippen LogP contribution in [0.1, 0.15) is 19.3 Å². The van der Waals surface area contributed by atoms with Crippen LogP contribution in [0.2, 0.25) is 0 Å². The molecule has 4 nitrogen and oxygen atoms in total. The van der Waals surface area contributed by atoms with Crippen molar-refractivity contribution in [1.29, 1.82) is 0 Å². The predicted octanol–water partition coefficient (Wildman–Crippen LogP) is 1.46. The lowest BCUT2D eigenvalue weighted by atomic mass is 10.2. The number of carbonyl (C=O) groups excluding carboxylic acids is 2. The zero-order chi connectivity index (χ0) is 13.4. The van der Waals surface area contributed by atoms with Crippen LogP contribution in [0.4, 0.5) is 10.1 Å². The number of halogens is 1. The molecule has 1 saturated carbocycles. The lowest BCUT2D eigenvalue weighted by Gasteiger charge is -2.17. The van der Waals surface area contributed by atoms with Crippen LogP contribution >= 0.6 is 0 Å². The van der Waals surface area contributed by atoms with Gasteiger partial charge in [0.05, 0.1) is 6.04 Å². The van der Waals surface area contributed by atoms with Crippen LogP contribution in [-0.2, 0) is 9.59 Å². The lowest BCUT2D eigenvalue weighted by molar-refractivity contribution is -0.122. The second kappa shape index (κ2) is 4.64. The molecule has 0 spiro atoms. The highest BCUT2D eigenvalue weighted by atomic mass is 19.1. The van der Waals surface area contributed by atoms with E-state index in [1.165, 1.54) is 17.0 Å². The van der Waals surface area contributed by atoms with Gasteiger partial charge in [-0.05, 0) is 31.0 Å². The Hall–Kier alpha value is -1.91. The van der Waals surface area contributed by atoms with E-state index < -0.39 is 0 Å². The summed E-state index contributed by atoms with van der Waals surface area (Å²) in [6.45, 7) is 0.417. The van der Waals surface area contributed by atoms with Crippen molar-refractivity contribution < 1.29 is 14.0 Å². The Morgan fingerprint density at radius 2 is 2.16 bits per heavy atom. The van der Waals surface area contributed by atoms with Crippen LogP contribution in [0, 0.1) is 11.7 Å². The molecule has 3 rings (SSSR count). The maximum absolute atomic E-state index is 13.2. The SMILES string of the molecule is O=C(N[C@H]1CC(=O)N(c2cccc(F)c2)C1)C1CC1. The van der Waals surface area contributed by atoms with Gasteiger partial charge in [0, 0.05) is 24.6 Å². The number of nitrogens with one attached hydrogen (secondary N) is 1. The van der Waals surface area contributed by atoms with Gasteiger partial charge in [-0.1, -0.05) is 6.07 Å². The molecule has 0 bridgehead atoms. The van der Waals surface area contributed by atoms with E-state index in [1.54, 1.807) is 12.1 Å². The minimum absolute atomic E-state index is 0.0406. The summed E-state index contributed by atoms with van der Waals surface area (Å²) in [5.41, 5.74) is 0.549. The van der Waals surface area contributed by atoms with Crippen LogP contribution in [0.3, 0.4) is 0 Å². The number of hydrogen-bond acceptors (Lipinski definition) is 2. The molecule has 2 fully saturated rings. The quantitative estimate of drug-likeness (QED) is 0.896. The predicted molar refractivity (Wildman–Crippen MR) is 68.0 cm³/mol. The van der Waals surface area contributed by atoms with Gasteiger partial charge in [-0.3, -0.25) is 9.59 Å². The zero-order valence-electron chi connectivity index (χ0n) is 10.4. The van der Waals surface area contributed by atoms with Gasteiger partial charge in [0.15, 0.2) is 0 Å². The highest BCUT2D eigenvalue weighted by Gasteiger charge is 2.35. The summed E-state index contributed by atoms with van der Waals surface area (Å²) in [7, 11) is 0. The van der Waals surface area contributed by atoms with Crippen molar-refractivity contribution >= 4 is 17.5 Å². The van der Waals surface area contributed by atoms with Gasteiger partial charge in [-0.2, -0.15) is 0 Å². The highest BCUT2D eigenvalue weighted by molar-refractivity contribution is 5.97. The third kappa shape index (κ3) is 2.59. The number of amides is 2. The van der Waals surface area contributed by atoms with Crippen molar-refractivity contribution in [2.45, 2.75) is 25.3 Å². The van der Waals surface area contributed by atoms with E-state index in [1.807, 2.05) is 0 Å². The average Bonchev–Trinajstić information content (AvgIpc) is 3.14. The fourth-order valence-corrected chi connectivity index (χ4v) is 2.36. The Labute approximate surface area is 110 Å². The van der Waals surface area contributed by atoms with Crippen LogP contribution < -0.4 is 10.2 Å². The molecule has 0 unspecified atom stereocenters. The highest BCUT2D eigenvalue weighted by Crippen LogP contribution is 2.29. The van der Waals surface area contributed by atoms with E-state index >= 15 is 0 Å². The average molecular weight is 262 g/mol. The molecule has 19 heavy (non-hydrogen) atoms. The molecule has 1 aliphatic heterocycles. The Morgan fingerprint density at radius 1 is 1.37 bits per heavy atom. The molecule has 100 valence electrons. The van der Waals surface area contributed by atoms with Crippen molar-refractivity contribution in [3.05, 3.63) is 30.1 Å². The zero-order valence-corrected chi connectivity index (χ0v) is 10.4. The Balaban J connectivity index is 1.67. The van der Waals surface area contributed by atoms with Crippen LogP contribution in [0.15, 0.2) is 24.3 Å². The van der Waals surface area contributed by atoms with E-state index in [0.717, 1.165) is 12.8 Å². The van der Waals surface area contributed by atoms with E-state index in [0.29, 0.717) is 12.2 Å². The fourth-order valence-electron chi connectivity index (χ4n) is 2.36. The maximum Gasteiger partial charge on any atom is 0.229 e. The number of anilines is 1. The van der Waals surface area contributed by atoms with Crippen molar-refractivity contribution in [2.75, 3.05) is 11.4 Å². The molecule has 2 aliphatic rings. The number of nitrogens with zero attached hydrogens (tertiary/aromatic N) is 1. The number of hydrogen-bond donors (Lipinski definition) is 1. The smallest absolute Gasteiger partial charge is 0.229 e. The van der Waals surface area contributed by atoms with Gasteiger partial charge in [0.2, 0.25) is 11.8 Å². The van der Waals surface area contributed by atoms with Gasteiger partial charge >= 0.3 is 0 Å². The summed E-state index contributed by atoms with van der Waals surface area (Å²) < 4.78 is 13.2. The second-order valence-corrected chi connectivity index (χ2v) is 5.17. The molecule has 1 aromatic carbocycles. The molecule has 1 aliphatic carbocycles. The van der Waals surface area contributed by atoms with Crippen LogP contribution in [0.25, 0.3) is 0 Å². The summed E-state index contributed by atoms with van der Waals surface area (Å²) in [6, 6.07) is 5.79. The lowest BCUT2D eigenvalue weighted by Crippen LogP contribution is -2.38. The first-order valence-corrected chi connectivity index (χ1v) is 6.50. The first-order valence-electron chi connectivity index (χ1n) is 6.50. The monoisotopic (exact) mass is 262 g/mol. The Bertz CT molecular complexity index is 528. The summed E-state index contributed by atoms with van der Waals surface area (Å²) >= 11 is 0. The third-order valence-electron chi connectivity index (χ3n) is 3.54. The molecule has 1 N–H and O–H groups in total. The summed E-state index contributed by atoms with van der Waals surface area (Å²) in [5, 5.41) is 2.89. The summed E-state index contributed by atoms with van der Waals surface area (Å²) in [5.74, 6) is -0.264. The summed E-state index contributed by atoms with van der Waals surface area (Å²) in [6.07, 6.45) is 2.18. The number of rotatable bonds is 3. The van der Waals surface area contributed by atoms with Gasteiger partial charge in [-0.15, -0.1) is 0 Å². The third-order valence-corrected chi connectivity index (χ3v) is 3.54. The first-order chi connectivity index (χ1) is 9.13. The normalized spacial score (nSPS) is 22.7. The number of carbonyl (C=O) groups is 2. The molecular weight excluding hydrogens is 247 g/mol. The Morgan fingerprint density at radius 3 is 2.84 bits per heavy atom. The number of benzene rings is 1. The molecule has 0 radical (unpaired) electrons. The van der Waals surface area contributed by atoms with E-state index in [9.17, 15) is 14.0 Å². The molecule has 5 heteroatoms. The van der Waals surface area contributed by atoms with Gasteiger partial charge in [0.1, 0.15) is 5.82 Å². The fraction of sp³-hybridized carbons (Fsp3) is 0.429. The minimum Gasteiger partial charge on any atom is -0.351 e. The largest absolute Gasteiger partial charge is 0.351 e. The van der Waals surface area contributed by atoms with E-state index in [4.69, 9.17) is 0 Å². The van der Waals surface area contributed by atoms with E-state index in [-0.39, 0.29) is 36.0 Å². The molecule has 1 atom stereocenters. The van der Waals surface area contributed by atoms with Crippen molar-refractivity contribution in [3.63, 3.8) is 0 Å². The Kier molecular flexibility index (Phi) is 2.97. The van der Waals surface area contributed by atoms with Gasteiger partial charge in [-0.25, -0.2) is 4.39 Å². The molecule has 1 heterocycles. The van der Waals surface area contributed by atoms with Crippen LogP contribution in [0.5, 0.6) is 0 Å². The van der Waals surface area contributed by atoms with Crippen molar-refractivity contribution in [1.82, 2.24) is 5.32 Å².